The van der Waals surface area contributed by atoms with Crippen molar-refractivity contribution >= 4 is 5.82 Å². The first kappa shape index (κ1) is 19.2. The Morgan fingerprint density at radius 1 is 1.16 bits per heavy atom. The predicted molar refractivity (Wildman–Crippen MR) is 115 cm³/mol. The summed E-state index contributed by atoms with van der Waals surface area (Å²) in [6.07, 6.45) is 8.47. The molecule has 4 heterocycles. The molecular weight excluding hydrogens is 392 g/mol. The van der Waals surface area contributed by atoms with Gasteiger partial charge in [-0.15, -0.1) is 0 Å². The van der Waals surface area contributed by atoms with E-state index in [9.17, 15) is 0 Å². The van der Waals surface area contributed by atoms with Crippen LogP contribution < -0.4 is 15.8 Å². The minimum absolute atomic E-state index is 0.140. The zero-order chi connectivity index (χ0) is 20.9. The normalized spacial score (nSPS) is 27.8. The Bertz CT molecular complexity index is 997. The molecule has 2 fully saturated rings. The number of ether oxygens (including phenoxy) is 1. The molecular formula is C22H30N8O. The highest BCUT2D eigenvalue weighted by Crippen LogP contribution is 2.39. The molecule has 2 aliphatic carbocycles. The number of aromatic nitrogens is 5. The minimum atomic E-state index is 0.140. The van der Waals surface area contributed by atoms with Gasteiger partial charge in [0.1, 0.15) is 18.0 Å². The van der Waals surface area contributed by atoms with Gasteiger partial charge in [-0.25, -0.2) is 25.1 Å². The molecule has 0 spiro atoms. The van der Waals surface area contributed by atoms with Gasteiger partial charge in [0.15, 0.2) is 5.82 Å². The molecule has 2 N–H and O–H groups in total. The van der Waals surface area contributed by atoms with Crippen LogP contribution in [0.15, 0.2) is 24.2 Å². The van der Waals surface area contributed by atoms with Crippen molar-refractivity contribution < 1.29 is 4.74 Å². The van der Waals surface area contributed by atoms with Crippen molar-refractivity contribution in [2.75, 3.05) is 11.4 Å². The van der Waals surface area contributed by atoms with Gasteiger partial charge in [-0.1, -0.05) is 0 Å². The van der Waals surface area contributed by atoms with E-state index in [1.807, 2.05) is 0 Å². The lowest BCUT2D eigenvalue weighted by atomic mass is 9.83. The van der Waals surface area contributed by atoms with Crippen LogP contribution in [0.25, 0.3) is 0 Å². The molecule has 31 heavy (non-hydrogen) atoms. The van der Waals surface area contributed by atoms with E-state index < -0.39 is 0 Å². The smallest absolute Gasteiger partial charge is 0.154 e. The third kappa shape index (κ3) is 3.70. The standard InChI is InChI=1S/C22H30N8O/c1-13(2)31-15-5-6-17-16(9-15)21(27-26-17)18-10-19(24-12-23-18)29-7-8-30-20(11-29)25-22(28-30)14-3-4-14/h5,10,12-14,16-17,21,26-27H,3-4,6-9,11H2,1-2H3/t16-,17?,21+/m0/s1. The topological polar surface area (TPSA) is 93.0 Å². The number of hydrogen-bond donors (Lipinski definition) is 2. The van der Waals surface area contributed by atoms with Crippen LogP contribution >= 0.6 is 0 Å². The van der Waals surface area contributed by atoms with Crippen molar-refractivity contribution in [3.8, 4) is 0 Å². The van der Waals surface area contributed by atoms with E-state index in [1.54, 1.807) is 6.33 Å². The molecule has 0 bridgehead atoms. The average molecular weight is 423 g/mol. The Labute approximate surface area is 182 Å². The summed E-state index contributed by atoms with van der Waals surface area (Å²) in [6.45, 7) is 6.64. The van der Waals surface area contributed by atoms with Crippen LogP contribution in [0.5, 0.6) is 0 Å². The molecule has 0 radical (unpaired) electrons. The van der Waals surface area contributed by atoms with Crippen LogP contribution in [0.3, 0.4) is 0 Å². The van der Waals surface area contributed by atoms with Crippen LogP contribution in [0.2, 0.25) is 0 Å². The number of allylic oxidation sites excluding steroid dienone is 1. The quantitative estimate of drug-likeness (QED) is 0.758. The van der Waals surface area contributed by atoms with Gasteiger partial charge in [0, 0.05) is 36.9 Å². The first-order valence-corrected chi connectivity index (χ1v) is 11.5. The molecule has 3 atom stereocenters. The van der Waals surface area contributed by atoms with E-state index in [1.165, 1.54) is 12.8 Å². The molecule has 4 aliphatic rings. The second-order valence-electron chi connectivity index (χ2n) is 9.42. The summed E-state index contributed by atoms with van der Waals surface area (Å²) in [6, 6.07) is 2.68. The van der Waals surface area contributed by atoms with Gasteiger partial charge >= 0.3 is 0 Å². The van der Waals surface area contributed by atoms with Gasteiger partial charge in [-0.05, 0) is 39.2 Å². The maximum Gasteiger partial charge on any atom is 0.154 e. The summed E-state index contributed by atoms with van der Waals surface area (Å²) in [5.41, 5.74) is 7.98. The second kappa shape index (κ2) is 7.56. The largest absolute Gasteiger partial charge is 0.496 e. The zero-order valence-electron chi connectivity index (χ0n) is 18.2. The third-order valence-electron chi connectivity index (χ3n) is 6.73. The van der Waals surface area contributed by atoms with Crippen LogP contribution in [0.4, 0.5) is 5.82 Å². The molecule has 1 saturated carbocycles. The Balaban J connectivity index is 1.20. The van der Waals surface area contributed by atoms with Crippen LogP contribution in [0, 0.1) is 5.92 Å². The van der Waals surface area contributed by atoms with Gasteiger partial charge in [-0.3, -0.25) is 5.43 Å². The highest BCUT2D eigenvalue weighted by atomic mass is 16.5. The van der Waals surface area contributed by atoms with Crippen LogP contribution in [0.1, 0.15) is 68.8 Å². The molecule has 1 saturated heterocycles. The maximum atomic E-state index is 6.01. The summed E-state index contributed by atoms with van der Waals surface area (Å²) in [4.78, 5) is 16.3. The van der Waals surface area contributed by atoms with Gasteiger partial charge in [0.25, 0.3) is 0 Å². The minimum Gasteiger partial charge on any atom is -0.496 e. The molecule has 2 aromatic rings. The summed E-state index contributed by atoms with van der Waals surface area (Å²) < 4.78 is 8.08. The molecule has 6 rings (SSSR count). The van der Waals surface area contributed by atoms with E-state index in [0.29, 0.717) is 17.9 Å². The number of fused-ring (bicyclic) bond motifs is 2. The summed E-state index contributed by atoms with van der Waals surface area (Å²) in [5, 5.41) is 4.70. The van der Waals surface area contributed by atoms with Gasteiger partial charge < -0.3 is 9.64 Å². The monoisotopic (exact) mass is 422 g/mol. The molecule has 1 unspecified atom stereocenters. The summed E-state index contributed by atoms with van der Waals surface area (Å²) >= 11 is 0. The lowest BCUT2D eigenvalue weighted by molar-refractivity contribution is 0.122. The van der Waals surface area contributed by atoms with Gasteiger partial charge in [0.05, 0.1) is 36.7 Å². The van der Waals surface area contributed by atoms with E-state index in [-0.39, 0.29) is 12.1 Å². The fraction of sp³-hybridized carbons (Fsp3) is 0.636. The van der Waals surface area contributed by atoms with Crippen molar-refractivity contribution in [2.24, 2.45) is 5.92 Å². The average Bonchev–Trinajstić information content (AvgIpc) is 3.40. The SMILES string of the molecule is CC(C)OC1=CCC2NN[C@@H](c3cc(N4CCn5nc(C6CC6)nc5C4)ncn3)[C@H]2C1. The number of hydrogen-bond acceptors (Lipinski definition) is 8. The fourth-order valence-corrected chi connectivity index (χ4v) is 4.97. The summed E-state index contributed by atoms with van der Waals surface area (Å²) in [7, 11) is 0. The molecule has 9 nitrogen and oxygen atoms in total. The molecule has 2 aliphatic heterocycles. The molecule has 0 aromatic carbocycles. The van der Waals surface area contributed by atoms with Crippen molar-refractivity contribution in [3.05, 3.63) is 41.6 Å². The number of nitrogens with zero attached hydrogens (tertiary/aromatic N) is 6. The molecule has 9 heteroatoms. The first-order chi connectivity index (χ1) is 15.1. The Hall–Kier alpha value is -2.52. The predicted octanol–water partition coefficient (Wildman–Crippen LogP) is 2.20. The van der Waals surface area contributed by atoms with Crippen LogP contribution in [-0.4, -0.2) is 43.4 Å². The van der Waals surface area contributed by atoms with Crippen LogP contribution in [-0.2, 0) is 17.8 Å². The number of anilines is 1. The van der Waals surface area contributed by atoms with Crippen molar-refractivity contribution in [2.45, 2.75) is 76.7 Å². The van der Waals surface area contributed by atoms with Gasteiger partial charge in [0.2, 0.25) is 0 Å². The van der Waals surface area contributed by atoms with E-state index in [4.69, 9.17) is 14.8 Å². The fourth-order valence-electron chi connectivity index (χ4n) is 4.97. The van der Waals surface area contributed by atoms with Crippen molar-refractivity contribution in [3.63, 3.8) is 0 Å². The highest BCUT2D eigenvalue weighted by molar-refractivity contribution is 5.41. The highest BCUT2D eigenvalue weighted by Gasteiger charge is 2.40. The van der Waals surface area contributed by atoms with E-state index >= 15 is 0 Å². The Morgan fingerprint density at radius 2 is 2.06 bits per heavy atom. The Kier molecular flexibility index (Phi) is 4.68. The number of nitrogens with one attached hydrogen (secondary N) is 2. The second-order valence-corrected chi connectivity index (χ2v) is 9.42. The Morgan fingerprint density at radius 3 is 2.90 bits per heavy atom. The molecule has 2 aromatic heterocycles. The van der Waals surface area contributed by atoms with Crippen molar-refractivity contribution in [1.82, 2.24) is 35.6 Å². The molecule has 0 amide bonds. The van der Waals surface area contributed by atoms with E-state index in [2.05, 4.69) is 56.4 Å². The molecule has 164 valence electrons. The summed E-state index contributed by atoms with van der Waals surface area (Å²) in [5.74, 6) is 5.12. The third-order valence-corrected chi connectivity index (χ3v) is 6.73. The number of rotatable bonds is 5. The lowest BCUT2D eigenvalue weighted by Gasteiger charge is -2.30. The maximum absolute atomic E-state index is 6.01. The zero-order valence-corrected chi connectivity index (χ0v) is 18.2. The first-order valence-electron chi connectivity index (χ1n) is 11.5. The number of hydrazine groups is 1. The van der Waals surface area contributed by atoms with Gasteiger partial charge in [-0.2, -0.15) is 5.10 Å². The van der Waals surface area contributed by atoms with E-state index in [0.717, 1.165) is 61.4 Å². The lowest BCUT2D eigenvalue weighted by Crippen LogP contribution is -2.35. The van der Waals surface area contributed by atoms with Crippen molar-refractivity contribution in [1.29, 1.82) is 0 Å².